The second kappa shape index (κ2) is 16.7. The number of carbonyl (C=O) groups is 3. The van der Waals surface area contributed by atoms with Crippen LogP contribution in [-0.4, -0.2) is 86.4 Å². The number of nitrogens with one attached hydrogen (secondary N) is 2. The van der Waals surface area contributed by atoms with Crippen LogP contribution < -0.4 is 15.8 Å². The second-order valence-corrected chi connectivity index (χ2v) is 14.4. The van der Waals surface area contributed by atoms with Crippen LogP contribution in [0.1, 0.15) is 56.6 Å². The molecule has 2 aromatic carbocycles. The minimum absolute atomic E-state index is 0.196. The predicted molar refractivity (Wildman–Crippen MR) is 179 cm³/mol. The van der Waals surface area contributed by atoms with Crippen LogP contribution in [0.5, 0.6) is 0 Å². The molecular weight excluding hydrogens is 604 g/mol. The van der Waals surface area contributed by atoms with Crippen LogP contribution in [0.4, 0.5) is 0 Å². The third kappa shape index (κ3) is 10.7. The minimum Gasteiger partial charge on any atom is -0.369 e. The van der Waals surface area contributed by atoms with Gasteiger partial charge < -0.3 is 20.9 Å². The number of amides is 3. The van der Waals surface area contributed by atoms with Crippen molar-refractivity contribution in [3.63, 3.8) is 0 Å². The lowest BCUT2D eigenvalue weighted by Crippen LogP contribution is -2.54. The van der Waals surface area contributed by atoms with Gasteiger partial charge in [-0.15, -0.1) is 0 Å². The lowest BCUT2D eigenvalue weighted by atomic mass is 9.96. The fraction of sp³-hybridized carbons (Fsp3) is 0.529. The number of hydrogen-bond acceptors (Lipinski definition) is 5. The maximum Gasteiger partial charge on any atom is 0.251 e. The normalized spacial score (nSPS) is 19.1. The number of nitrogens with zero attached hydrogens (tertiary/aromatic N) is 3. The van der Waals surface area contributed by atoms with Crippen molar-refractivity contribution in [2.24, 2.45) is 22.6 Å². The molecule has 2 aromatic rings. The molecule has 2 saturated heterocycles. The summed E-state index contributed by atoms with van der Waals surface area (Å²) in [6.45, 7) is 4.03. The average molecular weight is 653 g/mol. The Kier molecular flexibility index (Phi) is 12.7. The summed E-state index contributed by atoms with van der Waals surface area (Å²) in [4.78, 5) is 47.1. The third-order valence-corrected chi connectivity index (χ3v) is 9.58. The number of rotatable bonds is 13. The van der Waals surface area contributed by atoms with Crippen LogP contribution in [0.15, 0.2) is 65.7 Å². The summed E-state index contributed by atoms with van der Waals surface area (Å²) in [5.74, 6) is -0.547. The van der Waals surface area contributed by atoms with Gasteiger partial charge in [-0.05, 0) is 68.4 Å². The third-order valence-electron chi connectivity index (χ3n) is 8.87. The number of aliphatic imine (C=N–C) groups is 1. The Balaban J connectivity index is 1.22. The molecular formula is C34H48N6O5S. The van der Waals surface area contributed by atoms with Crippen LogP contribution in [0.25, 0.3) is 0 Å². The fourth-order valence-electron chi connectivity index (χ4n) is 6.19. The topological polar surface area (TPSA) is 154 Å². The molecule has 0 aliphatic carbocycles. The quantitative estimate of drug-likeness (QED) is 0.222. The second-order valence-electron chi connectivity index (χ2n) is 12.6. The number of benzene rings is 2. The van der Waals surface area contributed by atoms with Gasteiger partial charge in [-0.25, -0.2) is 13.1 Å². The summed E-state index contributed by atoms with van der Waals surface area (Å²) < 4.78 is 26.6. The molecule has 0 bridgehead atoms. The first-order chi connectivity index (χ1) is 22.0. The molecule has 0 spiro atoms. The van der Waals surface area contributed by atoms with Gasteiger partial charge in [-0.2, -0.15) is 4.99 Å². The monoisotopic (exact) mass is 652 g/mol. The highest BCUT2D eigenvalue weighted by Crippen LogP contribution is 2.22. The lowest BCUT2D eigenvalue weighted by molar-refractivity contribution is -0.139. The number of carbonyl (C=O) groups excluding carboxylic acids is 3. The van der Waals surface area contributed by atoms with Gasteiger partial charge >= 0.3 is 0 Å². The molecule has 0 aromatic heterocycles. The Bertz CT molecular complexity index is 1440. The number of aryl methyl sites for hydroxylation is 1. The molecule has 0 saturated carbocycles. The first-order valence-electron chi connectivity index (χ1n) is 16.3. The van der Waals surface area contributed by atoms with E-state index in [4.69, 9.17) is 5.73 Å². The molecule has 0 radical (unpaired) electrons. The van der Waals surface area contributed by atoms with Crippen LogP contribution in [-0.2, 0) is 37.2 Å². The molecule has 3 amide bonds. The summed E-state index contributed by atoms with van der Waals surface area (Å²) in [5.41, 5.74) is 8.30. The van der Waals surface area contributed by atoms with E-state index in [1.54, 1.807) is 0 Å². The van der Waals surface area contributed by atoms with Crippen LogP contribution >= 0.6 is 0 Å². The molecule has 1 unspecified atom stereocenters. The molecule has 4 rings (SSSR count). The van der Waals surface area contributed by atoms with Crippen molar-refractivity contribution in [1.29, 1.82) is 0 Å². The molecule has 2 heterocycles. The molecule has 4 N–H and O–H groups in total. The number of hydrogen-bond donors (Lipinski definition) is 3. The minimum atomic E-state index is -3.65. The highest BCUT2D eigenvalue weighted by molar-refractivity contribution is 7.88. The van der Waals surface area contributed by atoms with E-state index in [0.717, 1.165) is 43.9 Å². The van der Waals surface area contributed by atoms with Gasteiger partial charge in [0.1, 0.15) is 12.1 Å². The Labute approximate surface area is 273 Å². The summed E-state index contributed by atoms with van der Waals surface area (Å²) in [6.07, 6.45) is 6.56. The number of guanidine groups is 1. The highest BCUT2D eigenvalue weighted by atomic mass is 32.2. The van der Waals surface area contributed by atoms with E-state index in [1.165, 1.54) is 10.5 Å². The predicted octanol–water partition coefficient (Wildman–Crippen LogP) is 2.47. The summed E-state index contributed by atoms with van der Waals surface area (Å²) in [7, 11) is -3.65. The Morgan fingerprint density at radius 2 is 1.59 bits per heavy atom. The Morgan fingerprint density at radius 3 is 2.22 bits per heavy atom. The Morgan fingerprint density at radius 1 is 0.957 bits per heavy atom. The number of piperidine rings is 1. The van der Waals surface area contributed by atoms with Gasteiger partial charge in [0.2, 0.25) is 21.8 Å². The zero-order valence-electron chi connectivity index (χ0n) is 26.9. The first-order valence-corrected chi connectivity index (χ1v) is 18.2. The molecule has 250 valence electrons. The van der Waals surface area contributed by atoms with Crippen molar-refractivity contribution >= 4 is 33.7 Å². The van der Waals surface area contributed by atoms with E-state index >= 15 is 0 Å². The van der Waals surface area contributed by atoms with Gasteiger partial charge in [0.05, 0.1) is 6.26 Å². The molecule has 3 atom stereocenters. The van der Waals surface area contributed by atoms with E-state index in [2.05, 4.69) is 27.2 Å². The lowest BCUT2D eigenvalue weighted by Gasteiger charge is -2.33. The summed E-state index contributed by atoms with van der Waals surface area (Å²) in [6, 6.07) is 17.8. The van der Waals surface area contributed by atoms with Gasteiger partial charge in [-0.3, -0.25) is 14.4 Å². The van der Waals surface area contributed by atoms with Gasteiger partial charge in [0, 0.05) is 32.1 Å². The van der Waals surface area contributed by atoms with E-state index in [1.807, 2.05) is 60.4 Å². The molecule has 2 aliphatic rings. The van der Waals surface area contributed by atoms with Crippen molar-refractivity contribution in [3.8, 4) is 0 Å². The van der Waals surface area contributed by atoms with Crippen molar-refractivity contribution in [1.82, 2.24) is 19.8 Å². The SMILES string of the molecule is CC(CCCc1ccccc1)C(=O)N=C(N)N1CCC(CNC(=O)[C@@H]2CCCN2C(=O)[C@@H](Cc2ccccc2)NS(C)(=O)=O)CC1. The highest BCUT2D eigenvalue weighted by Gasteiger charge is 2.38. The van der Waals surface area contributed by atoms with E-state index < -0.39 is 28.0 Å². The smallest absolute Gasteiger partial charge is 0.251 e. The molecule has 11 nitrogen and oxygen atoms in total. The molecule has 12 heteroatoms. The van der Waals surface area contributed by atoms with Crippen LogP contribution in [0.2, 0.25) is 0 Å². The van der Waals surface area contributed by atoms with Crippen LogP contribution in [0.3, 0.4) is 0 Å². The molecule has 2 fully saturated rings. The fourth-order valence-corrected chi connectivity index (χ4v) is 6.90. The number of likely N-dealkylation sites (tertiary alicyclic amines) is 2. The average Bonchev–Trinajstić information content (AvgIpc) is 3.54. The van der Waals surface area contributed by atoms with Gasteiger partial charge in [0.25, 0.3) is 5.91 Å². The first kappa shape index (κ1) is 35.1. The molecule has 2 aliphatic heterocycles. The maximum absolute atomic E-state index is 13.5. The van der Waals surface area contributed by atoms with Crippen molar-refractivity contribution in [2.75, 3.05) is 32.4 Å². The number of nitrogens with two attached hydrogens (primary N) is 1. The Hall–Kier alpha value is -3.77. The van der Waals surface area contributed by atoms with Crippen LogP contribution in [0, 0.1) is 11.8 Å². The van der Waals surface area contributed by atoms with Crippen molar-refractivity contribution in [2.45, 2.75) is 70.4 Å². The zero-order valence-corrected chi connectivity index (χ0v) is 27.8. The van der Waals surface area contributed by atoms with Crippen molar-refractivity contribution < 1.29 is 22.8 Å². The summed E-state index contributed by atoms with van der Waals surface area (Å²) in [5, 5.41) is 3.03. The summed E-state index contributed by atoms with van der Waals surface area (Å²) >= 11 is 0. The van der Waals surface area contributed by atoms with Gasteiger partial charge in [-0.1, -0.05) is 67.6 Å². The van der Waals surface area contributed by atoms with E-state index in [0.29, 0.717) is 39.0 Å². The maximum atomic E-state index is 13.5. The van der Waals surface area contributed by atoms with Crippen molar-refractivity contribution in [3.05, 3.63) is 71.8 Å². The van der Waals surface area contributed by atoms with E-state index in [9.17, 15) is 22.8 Å². The van der Waals surface area contributed by atoms with Gasteiger partial charge in [0.15, 0.2) is 5.96 Å². The zero-order chi connectivity index (χ0) is 33.1. The van der Waals surface area contributed by atoms with E-state index in [-0.39, 0.29) is 36.0 Å². The standard InChI is InChI=1S/C34H48N6O5S/c1-25(11-9-16-26-12-5-3-6-13-26)31(41)37-34(35)39-21-18-28(19-22-39)24-36-32(42)30-17-10-20-40(30)33(43)29(38-46(2,44)45)23-27-14-7-4-8-15-27/h3-8,12-15,25,28-30,38H,9-11,16-24H2,1-2H3,(H,36,42)(H2,35,37,41)/t25?,29-,30+/m1/s1. The largest absolute Gasteiger partial charge is 0.369 e. The molecule has 46 heavy (non-hydrogen) atoms. The number of sulfonamides is 1.